The van der Waals surface area contributed by atoms with Crippen LogP contribution in [0.1, 0.15) is 23.6 Å². The highest BCUT2D eigenvalue weighted by molar-refractivity contribution is 9.10. The van der Waals surface area contributed by atoms with E-state index in [4.69, 9.17) is 11.5 Å². The summed E-state index contributed by atoms with van der Waals surface area (Å²) in [5.74, 6) is 0. The van der Waals surface area contributed by atoms with E-state index in [9.17, 15) is 13.2 Å². The molecule has 0 radical (unpaired) electrons. The smallest absolute Gasteiger partial charge is 0.330 e. The Morgan fingerprint density at radius 2 is 1.94 bits per heavy atom. The number of alkyl halides is 3. The molecule has 4 N–H and O–H groups in total. The largest absolute Gasteiger partial charge is 0.416 e. The van der Waals surface area contributed by atoms with Crippen molar-refractivity contribution in [3.8, 4) is 0 Å². The van der Waals surface area contributed by atoms with Crippen molar-refractivity contribution in [2.75, 3.05) is 6.54 Å². The summed E-state index contributed by atoms with van der Waals surface area (Å²) in [7, 11) is 0. The van der Waals surface area contributed by atoms with Crippen LogP contribution in [0.25, 0.3) is 0 Å². The average Bonchev–Trinajstić information content (AvgIpc) is 2.16. The number of rotatable bonds is 3. The minimum Gasteiger partial charge on any atom is -0.330 e. The predicted octanol–water partition coefficient (Wildman–Crippen LogP) is 2.82. The lowest BCUT2D eigenvalue weighted by molar-refractivity contribution is -0.137. The fourth-order valence-electron chi connectivity index (χ4n) is 1.34. The molecule has 1 rings (SSSR count). The van der Waals surface area contributed by atoms with Crippen LogP contribution in [0.15, 0.2) is 22.7 Å². The monoisotopic (exact) mass is 296 g/mol. The Labute approximate surface area is 99.9 Å². The highest BCUT2D eigenvalue weighted by Crippen LogP contribution is 2.33. The minimum atomic E-state index is -4.35. The first-order chi connectivity index (χ1) is 7.36. The van der Waals surface area contributed by atoms with Crippen molar-refractivity contribution in [1.29, 1.82) is 0 Å². The average molecular weight is 297 g/mol. The summed E-state index contributed by atoms with van der Waals surface area (Å²) in [5, 5.41) is 0. The molecule has 6 heteroatoms. The lowest BCUT2D eigenvalue weighted by Crippen LogP contribution is -2.17. The van der Waals surface area contributed by atoms with Gasteiger partial charge in [-0.1, -0.05) is 15.9 Å². The van der Waals surface area contributed by atoms with Gasteiger partial charge < -0.3 is 11.5 Å². The van der Waals surface area contributed by atoms with Crippen LogP contribution >= 0.6 is 15.9 Å². The SMILES string of the molecule is NCC[C@@H](N)c1cc(C(F)(F)F)ccc1Br. The molecule has 90 valence electrons. The van der Waals surface area contributed by atoms with Crippen LogP contribution < -0.4 is 11.5 Å². The molecule has 0 aliphatic heterocycles. The van der Waals surface area contributed by atoms with E-state index in [1.807, 2.05) is 0 Å². The van der Waals surface area contributed by atoms with Gasteiger partial charge in [0.25, 0.3) is 0 Å². The summed E-state index contributed by atoms with van der Waals surface area (Å²) in [6, 6.07) is 2.95. The molecule has 0 heterocycles. The van der Waals surface area contributed by atoms with E-state index in [-0.39, 0.29) is 0 Å². The van der Waals surface area contributed by atoms with E-state index in [0.29, 0.717) is 23.0 Å². The third-order valence-electron chi connectivity index (χ3n) is 2.20. The molecular weight excluding hydrogens is 285 g/mol. The van der Waals surface area contributed by atoms with E-state index in [0.717, 1.165) is 12.1 Å². The maximum Gasteiger partial charge on any atom is 0.416 e. The highest BCUT2D eigenvalue weighted by Gasteiger charge is 2.31. The van der Waals surface area contributed by atoms with Crippen molar-refractivity contribution in [2.24, 2.45) is 11.5 Å². The molecule has 0 spiro atoms. The van der Waals surface area contributed by atoms with Crippen molar-refractivity contribution in [3.05, 3.63) is 33.8 Å². The zero-order valence-corrected chi connectivity index (χ0v) is 9.98. The topological polar surface area (TPSA) is 52.0 Å². The van der Waals surface area contributed by atoms with Gasteiger partial charge in [0.05, 0.1) is 5.56 Å². The van der Waals surface area contributed by atoms with E-state index in [1.165, 1.54) is 6.07 Å². The molecule has 0 fully saturated rings. The summed E-state index contributed by atoms with van der Waals surface area (Å²) in [6.07, 6.45) is -3.90. The van der Waals surface area contributed by atoms with Gasteiger partial charge in [-0.2, -0.15) is 13.2 Å². The standard InChI is InChI=1S/C10H12BrF3N2/c11-8-2-1-6(10(12,13)14)5-7(8)9(16)3-4-15/h1-2,5,9H,3-4,15-16H2/t9-/m1/s1. The van der Waals surface area contributed by atoms with Gasteiger partial charge in [-0.3, -0.25) is 0 Å². The summed E-state index contributed by atoms with van der Waals surface area (Å²) in [5.41, 5.74) is 10.8. The van der Waals surface area contributed by atoms with Gasteiger partial charge in [-0.25, -0.2) is 0 Å². The Morgan fingerprint density at radius 3 is 2.44 bits per heavy atom. The normalized spacial score (nSPS) is 13.9. The van der Waals surface area contributed by atoms with Crippen molar-refractivity contribution in [2.45, 2.75) is 18.6 Å². The second kappa shape index (κ2) is 5.16. The molecule has 0 saturated heterocycles. The van der Waals surface area contributed by atoms with E-state index < -0.39 is 17.8 Å². The van der Waals surface area contributed by atoms with Crippen LogP contribution in [0.3, 0.4) is 0 Å². The van der Waals surface area contributed by atoms with Crippen LogP contribution in [0.2, 0.25) is 0 Å². The fourth-order valence-corrected chi connectivity index (χ4v) is 1.88. The Morgan fingerprint density at radius 1 is 1.31 bits per heavy atom. The molecule has 0 aliphatic rings. The van der Waals surface area contributed by atoms with Crippen LogP contribution in [0.4, 0.5) is 13.2 Å². The molecule has 0 aliphatic carbocycles. The lowest BCUT2D eigenvalue weighted by Gasteiger charge is -2.15. The molecule has 16 heavy (non-hydrogen) atoms. The molecule has 1 atom stereocenters. The summed E-state index contributed by atoms with van der Waals surface area (Å²) < 4.78 is 38.0. The lowest BCUT2D eigenvalue weighted by atomic mass is 10.0. The van der Waals surface area contributed by atoms with Gasteiger partial charge >= 0.3 is 6.18 Å². The predicted molar refractivity (Wildman–Crippen MR) is 59.7 cm³/mol. The Kier molecular flexibility index (Phi) is 4.35. The number of nitrogens with two attached hydrogens (primary N) is 2. The summed E-state index contributed by atoms with van der Waals surface area (Å²) in [4.78, 5) is 0. The van der Waals surface area contributed by atoms with E-state index >= 15 is 0 Å². The number of benzene rings is 1. The molecule has 2 nitrogen and oxygen atoms in total. The molecule has 0 amide bonds. The zero-order valence-electron chi connectivity index (χ0n) is 8.39. The Balaban J connectivity index is 3.09. The van der Waals surface area contributed by atoms with Gasteiger partial charge in [-0.15, -0.1) is 0 Å². The number of halogens is 4. The van der Waals surface area contributed by atoms with Crippen LogP contribution in [-0.4, -0.2) is 6.54 Å². The van der Waals surface area contributed by atoms with Gasteiger partial charge in [-0.05, 0) is 36.7 Å². The van der Waals surface area contributed by atoms with Gasteiger partial charge in [0, 0.05) is 10.5 Å². The molecule has 1 aromatic carbocycles. The second-order valence-electron chi connectivity index (χ2n) is 3.42. The first-order valence-corrected chi connectivity index (χ1v) is 5.48. The Hall–Kier alpha value is -0.590. The summed E-state index contributed by atoms with van der Waals surface area (Å²) in [6.45, 7) is 0.337. The third kappa shape index (κ3) is 3.20. The Bertz CT molecular complexity index is 366. The van der Waals surface area contributed by atoms with Crippen molar-refractivity contribution in [1.82, 2.24) is 0 Å². The van der Waals surface area contributed by atoms with Gasteiger partial charge in [0.15, 0.2) is 0 Å². The van der Waals surface area contributed by atoms with Crippen molar-refractivity contribution >= 4 is 15.9 Å². The molecular formula is C10H12BrF3N2. The zero-order chi connectivity index (χ0) is 12.3. The van der Waals surface area contributed by atoms with Crippen LogP contribution in [0.5, 0.6) is 0 Å². The van der Waals surface area contributed by atoms with E-state index in [1.54, 1.807) is 0 Å². The maximum absolute atomic E-state index is 12.5. The van der Waals surface area contributed by atoms with Gasteiger partial charge in [0.2, 0.25) is 0 Å². The quantitative estimate of drug-likeness (QED) is 0.901. The van der Waals surface area contributed by atoms with Crippen LogP contribution in [0, 0.1) is 0 Å². The first kappa shape index (κ1) is 13.5. The molecule has 0 bridgehead atoms. The van der Waals surface area contributed by atoms with Crippen molar-refractivity contribution < 1.29 is 13.2 Å². The summed E-state index contributed by atoms with van der Waals surface area (Å²) >= 11 is 3.18. The number of hydrogen-bond donors (Lipinski definition) is 2. The fraction of sp³-hybridized carbons (Fsp3) is 0.400. The molecule has 0 saturated carbocycles. The molecule has 1 aromatic rings. The molecule has 0 aromatic heterocycles. The minimum absolute atomic E-state index is 0.337. The van der Waals surface area contributed by atoms with E-state index in [2.05, 4.69) is 15.9 Å². The second-order valence-corrected chi connectivity index (χ2v) is 4.27. The molecule has 0 unspecified atom stereocenters. The maximum atomic E-state index is 12.5. The number of hydrogen-bond acceptors (Lipinski definition) is 2. The first-order valence-electron chi connectivity index (χ1n) is 4.68. The third-order valence-corrected chi connectivity index (χ3v) is 2.92. The highest BCUT2D eigenvalue weighted by atomic mass is 79.9. The van der Waals surface area contributed by atoms with Gasteiger partial charge in [0.1, 0.15) is 0 Å². The van der Waals surface area contributed by atoms with Crippen LogP contribution in [-0.2, 0) is 6.18 Å². The van der Waals surface area contributed by atoms with Crippen molar-refractivity contribution in [3.63, 3.8) is 0 Å².